The highest BCUT2D eigenvalue weighted by atomic mass is 79.9. The van der Waals surface area contributed by atoms with Crippen LogP contribution in [0.25, 0.3) is 0 Å². The average molecular weight is 478 g/mol. The second kappa shape index (κ2) is 8.31. The molecule has 3 nitrogen and oxygen atoms in total. The highest BCUT2D eigenvalue weighted by Gasteiger charge is 2.63. The Labute approximate surface area is 185 Å². The summed E-state index contributed by atoms with van der Waals surface area (Å²) in [5.41, 5.74) is 0.161. The fraction of sp³-hybridized carbons (Fsp3) is 0.458. The van der Waals surface area contributed by atoms with E-state index in [1.54, 1.807) is 7.11 Å². The van der Waals surface area contributed by atoms with Crippen molar-refractivity contribution in [3.05, 3.63) is 58.6 Å². The summed E-state index contributed by atoms with van der Waals surface area (Å²) in [6.45, 7) is 0. The number of carbonyl (C=O) groups is 1. The Hall–Kier alpha value is -1.52. The summed E-state index contributed by atoms with van der Waals surface area (Å²) >= 11 is 10.4. The smallest absolute Gasteiger partial charge is 0.211 e. The highest BCUT2D eigenvalue weighted by molar-refractivity contribution is 9.09. The minimum Gasteiger partial charge on any atom is -0.496 e. The monoisotopic (exact) mass is 476 g/mol. The molecule has 1 aliphatic carbocycles. The molecule has 154 valence electrons. The maximum atomic E-state index is 14.2. The number of hydrogen-bond donors (Lipinski definition) is 0. The zero-order valence-electron chi connectivity index (χ0n) is 16.7. The largest absolute Gasteiger partial charge is 0.496 e. The lowest BCUT2D eigenvalue weighted by Gasteiger charge is -2.43. The number of ketones is 1. The van der Waals surface area contributed by atoms with Crippen molar-refractivity contribution in [2.24, 2.45) is 0 Å². The van der Waals surface area contributed by atoms with Gasteiger partial charge in [0.15, 0.2) is 5.60 Å². The minimum absolute atomic E-state index is 0.0106. The van der Waals surface area contributed by atoms with Gasteiger partial charge in [-0.15, -0.1) is 0 Å². The molecule has 4 rings (SSSR count). The maximum absolute atomic E-state index is 14.2. The lowest BCUT2D eigenvalue weighted by molar-refractivity contribution is 0.0168. The van der Waals surface area contributed by atoms with Gasteiger partial charge in [-0.25, -0.2) is 0 Å². The van der Waals surface area contributed by atoms with Gasteiger partial charge in [0.1, 0.15) is 11.5 Å². The van der Waals surface area contributed by atoms with Crippen LogP contribution in [0.3, 0.4) is 0 Å². The molecule has 1 fully saturated rings. The summed E-state index contributed by atoms with van der Waals surface area (Å²) in [7, 11) is 1.60. The number of benzene rings is 2. The quantitative estimate of drug-likeness (QED) is 0.361. The van der Waals surface area contributed by atoms with Crippen molar-refractivity contribution in [2.45, 2.75) is 56.0 Å². The molecule has 1 aliphatic heterocycles. The van der Waals surface area contributed by atoms with E-state index >= 15 is 0 Å². The van der Waals surface area contributed by atoms with Crippen LogP contribution < -0.4 is 9.47 Å². The summed E-state index contributed by atoms with van der Waals surface area (Å²) in [4.78, 5) is 14.2. The molecule has 0 N–H and O–H groups in total. The summed E-state index contributed by atoms with van der Waals surface area (Å²) in [6, 6.07) is 13.3. The molecular weight excluding hydrogens is 452 g/mol. The van der Waals surface area contributed by atoms with Crippen LogP contribution in [0.5, 0.6) is 11.5 Å². The van der Waals surface area contributed by atoms with Crippen molar-refractivity contribution in [1.82, 2.24) is 0 Å². The zero-order valence-corrected chi connectivity index (χ0v) is 19.0. The van der Waals surface area contributed by atoms with Gasteiger partial charge in [-0.1, -0.05) is 77.5 Å². The van der Waals surface area contributed by atoms with Gasteiger partial charge in [-0.3, -0.25) is 4.79 Å². The van der Waals surface area contributed by atoms with Crippen molar-refractivity contribution < 1.29 is 14.3 Å². The van der Waals surface area contributed by atoms with Gasteiger partial charge in [-0.2, -0.15) is 0 Å². The number of ether oxygens (including phenoxy) is 2. The number of halogens is 2. The van der Waals surface area contributed by atoms with E-state index in [0.717, 1.165) is 31.2 Å². The Balaban J connectivity index is 1.95. The number of hydrogen-bond acceptors (Lipinski definition) is 3. The third-order valence-corrected chi connectivity index (χ3v) is 7.87. The van der Waals surface area contributed by atoms with E-state index in [9.17, 15) is 4.79 Å². The molecule has 0 saturated heterocycles. The van der Waals surface area contributed by atoms with Crippen molar-refractivity contribution >= 4 is 33.3 Å². The number of rotatable bonds is 4. The van der Waals surface area contributed by atoms with Gasteiger partial charge >= 0.3 is 0 Å². The molecule has 2 aromatic rings. The fourth-order valence-electron chi connectivity index (χ4n) is 5.11. The molecule has 0 bridgehead atoms. The molecule has 1 saturated carbocycles. The Morgan fingerprint density at radius 3 is 2.55 bits per heavy atom. The van der Waals surface area contributed by atoms with Crippen LogP contribution in [0, 0.1) is 0 Å². The molecule has 0 amide bonds. The molecular formula is C24H26BrClO3. The number of fused-ring (bicyclic) bond motifs is 3. The second-order valence-electron chi connectivity index (χ2n) is 8.06. The lowest BCUT2D eigenvalue weighted by atomic mass is 9.63. The van der Waals surface area contributed by atoms with Crippen LogP contribution in [-0.4, -0.2) is 23.8 Å². The molecule has 29 heavy (non-hydrogen) atoms. The predicted molar refractivity (Wildman–Crippen MR) is 120 cm³/mol. The molecule has 2 aliphatic rings. The van der Waals surface area contributed by atoms with Gasteiger partial charge in [0, 0.05) is 10.9 Å². The van der Waals surface area contributed by atoms with Crippen LogP contribution in [0.15, 0.2) is 42.5 Å². The molecule has 0 aromatic heterocycles. The topological polar surface area (TPSA) is 35.5 Å². The molecule has 2 atom stereocenters. The summed E-state index contributed by atoms with van der Waals surface area (Å²) in [5, 5.41) is 1.22. The highest BCUT2D eigenvalue weighted by Crippen LogP contribution is 2.58. The van der Waals surface area contributed by atoms with E-state index in [0.29, 0.717) is 33.8 Å². The second-order valence-corrected chi connectivity index (χ2v) is 9.03. The SMILES string of the molecule is COc1ccccc1C(=O)C12CCCCCCCC1(CBr)c1cccc(Cl)c1O2. The van der Waals surface area contributed by atoms with Gasteiger partial charge < -0.3 is 9.47 Å². The van der Waals surface area contributed by atoms with Crippen molar-refractivity contribution in [3.63, 3.8) is 0 Å². The summed E-state index contributed by atoms with van der Waals surface area (Å²) < 4.78 is 12.2. The van der Waals surface area contributed by atoms with Gasteiger partial charge in [-0.05, 0) is 37.5 Å². The Bertz CT molecular complexity index is 915. The average Bonchev–Trinajstić information content (AvgIpc) is 3.08. The fourth-order valence-corrected chi connectivity index (χ4v) is 6.36. The van der Waals surface area contributed by atoms with Gasteiger partial charge in [0.05, 0.1) is 23.1 Å². The molecule has 2 aromatic carbocycles. The van der Waals surface area contributed by atoms with E-state index in [1.165, 1.54) is 12.8 Å². The van der Waals surface area contributed by atoms with E-state index in [4.69, 9.17) is 21.1 Å². The van der Waals surface area contributed by atoms with Crippen molar-refractivity contribution in [1.29, 1.82) is 0 Å². The predicted octanol–water partition coefficient (Wildman–Crippen LogP) is 6.74. The molecule has 0 spiro atoms. The van der Waals surface area contributed by atoms with Gasteiger partial charge in [0.2, 0.25) is 5.78 Å². The first-order chi connectivity index (χ1) is 14.1. The number of Topliss-reactive ketones (excluding diaryl/α,β-unsaturated/α-hetero) is 1. The van der Waals surface area contributed by atoms with Crippen molar-refractivity contribution in [2.75, 3.05) is 12.4 Å². The third-order valence-electron chi connectivity index (χ3n) is 6.61. The van der Waals surface area contributed by atoms with Crippen LogP contribution in [0.2, 0.25) is 5.02 Å². The number of methoxy groups -OCH3 is 1. The number of para-hydroxylation sites is 2. The van der Waals surface area contributed by atoms with E-state index in [2.05, 4.69) is 22.0 Å². The first-order valence-electron chi connectivity index (χ1n) is 10.3. The normalized spacial score (nSPS) is 26.3. The van der Waals surface area contributed by atoms with Crippen LogP contribution >= 0.6 is 27.5 Å². The Morgan fingerprint density at radius 1 is 1.07 bits per heavy atom. The molecule has 2 unspecified atom stereocenters. The standard InChI is InChI=1S/C24H26BrClO3/c1-28-20-13-6-5-10-17(20)22(27)24-15-8-4-2-3-7-14-23(24,16-25)18-11-9-12-19(26)21(18)29-24/h5-6,9-13H,2-4,7-8,14-16H2,1H3. The molecule has 1 heterocycles. The van der Waals surface area contributed by atoms with E-state index < -0.39 is 11.0 Å². The van der Waals surface area contributed by atoms with Crippen LogP contribution in [0.4, 0.5) is 0 Å². The Morgan fingerprint density at radius 2 is 1.79 bits per heavy atom. The van der Waals surface area contributed by atoms with Crippen LogP contribution in [0.1, 0.15) is 60.9 Å². The van der Waals surface area contributed by atoms with Crippen LogP contribution in [-0.2, 0) is 5.41 Å². The first kappa shape index (κ1) is 20.7. The summed E-state index contributed by atoms with van der Waals surface area (Å²) in [5.74, 6) is 1.24. The minimum atomic E-state index is -0.997. The van der Waals surface area contributed by atoms with E-state index in [1.807, 2.05) is 36.4 Å². The third kappa shape index (κ3) is 3.19. The summed E-state index contributed by atoms with van der Waals surface area (Å²) in [6.07, 6.45) is 7.02. The van der Waals surface area contributed by atoms with Gasteiger partial charge in [0.25, 0.3) is 0 Å². The first-order valence-corrected chi connectivity index (χ1v) is 11.8. The zero-order chi connectivity index (χ0) is 20.5. The number of alkyl halides is 1. The lowest BCUT2D eigenvalue weighted by Crippen LogP contribution is -2.58. The molecule has 5 heteroatoms. The molecule has 0 radical (unpaired) electrons. The number of carbonyl (C=O) groups excluding carboxylic acids is 1. The van der Waals surface area contributed by atoms with Crippen molar-refractivity contribution in [3.8, 4) is 11.5 Å². The Kier molecular flexibility index (Phi) is 5.94. The van der Waals surface area contributed by atoms with E-state index in [-0.39, 0.29) is 5.78 Å². The maximum Gasteiger partial charge on any atom is 0.211 e.